The second-order valence-corrected chi connectivity index (χ2v) is 5.09. The molecule has 1 aliphatic carbocycles. The lowest BCUT2D eigenvalue weighted by molar-refractivity contribution is 1.23. The van der Waals surface area contributed by atoms with Crippen LogP contribution in [0.4, 0.5) is 0 Å². The molecule has 0 bridgehead atoms. The molecule has 43 heavy (non-hydrogen) atoms. The molecule has 0 saturated carbocycles. The van der Waals surface area contributed by atoms with Crippen molar-refractivity contribution in [2.75, 3.05) is 0 Å². The lowest BCUT2D eigenvalue weighted by Gasteiger charge is -1.88. The highest BCUT2D eigenvalue weighted by Crippen LogP contribution is 1.97. The Morgan fingerprint density at radius 2 is 0.349 bits per heavy atom. The van der Waals surface area contributed by atoms with E-state index < -0.39 is 0 Å². The Kier molecular flexibility index (Phi) is 1300. The minimum atomic E-state index is 0. The summed E-state index contributed by atoms with van der Waals surface area (Å²) in [5.74, 6) is 0. The van der Waals surface area contributed by atoms with Crippen molar-refractivity contribution in [1.82, 2.24) is 0 Å². The topological polar surface area (TPSA) is 0 Å². The predicted octanol–water partition coefficient (Wildman–Crippen LogP) is 21.8. The SMILES string of the molecule is C.C.C.C.C.C.C.C.C.C.C.C.C.C.C.C.C.C.C1=CCC=C1.CC.CC.CC.CC.CC(C)=C(C)C.CC(C)=C(C)C. The molecule has 0 aromatic rings. The predicted molar refractivity (Wildman–Crippen MR) is 249 cm³/mol. The summed E-state index contributed by atoms with van der Waals surface area (Å²) in [4.78, 5) is 0. The van der Waals surface area contributed by atoms with Crippen molar-refractivity contribution in [2.24, 2.45) is 0 Å². The van der Waals surface area contributed by atoms with Crippen LogP contribution in [-0.2, 0) is 0 Å². The van der Waals surface area contributed by atoms with Gasteiger partial charge in [0, 0.05) is 0 Å². The van der Waals surface area contributed by atoms with Gasteiger partial charge in [0.2, 0.25) is 0 Å². The molecule has 0 aliphatic heterocycles. The molecule has 0 heterocycles. The van der Waals surface area contributed by atoms with E-state index >= 15 is 0 Å². The van der Waals surface area contributed by atoms with Gasteiger partial charge in [0.25, 0.3) is 0 Å². The first-order valence-electron chi connectivity index (χ1n) is 10.3. The Morgan fingerprint density at radius 3 is 0.372 bits per heavy atom. The van der Waals surface area contributed by atoms with Gasteiger partial charge in [-0.3, -0.25) is 0 Å². The van der Waals surface area contributed by atoms with Crippen molar-refractivity contribution in [3.05, 3.63) is 46.6 Å². The van der Waals surface area contributed by atoms with Gasteiger partial charge in [-0.25, -0.2) is 0 Å². The van der Waals surface area contributed by atoms with Crippen LogP contribution in [0.15, 0.2) is 46.6 Å². The van der Waals surface area contributed by atoms with Crippen molar-refractivity contribution in [3.8, 4) is 0 Å². The van der Waals surface area contributed by atoms with Crippen LogP contribution in [0.2, 0.25) is 0 Å². The number of allylic oxidation sites excluding steroid dienone is 8. The van der Waals surface area contributed by atoms with Gasteiger partial charge in [-0.1, -0.05) is 236 Å². The number of hydrogen-bond acceptors (Lipinski definition) is 0. The Balaban J connectivity index is -0.00000000431. The van der Waals surface area contributed by atoms with E-state index in [9.17, 15) is 0 Å². The maximum atomic E-state index is 2.12. The quantitative estimate of drug-likeness (QED) is 0.231. The zero-order chi connectivity index (χ0) is 21.8. The molecular formula is C43H126. The molecule has 1 aliphatic rings. The fraction of sp³-hybridized carbons (Fsp3) is 0.814. The fourth-order valence-electron chi connectivity index (χ4n) is 0.393. The zero-order valence-corrected chi connectivity index (χ0v) is 21.0. The molecule has 0 aromatic heterocycles. The maximum absolute atomic E-state index is 2.12. The number of hydrogen-bond donors (Lipinski definition) is 0. The lowest BCUT2D eigenvalue weighted by Crippen LogP contribution is -1.66. The summed E-state index contributed by atoms with van der Waals surface area (Å²) in [7, 11) is 0. The van der Waals surface area contributed by atoms with E-state index in [1.54, 1.807) is 0 Å². The van der Waals surface area contributed by atoms with Crippen LogP contribution in [0.5, 0.6) is 0 Å². The largest absolute Gasteiger partial charge is 0.0808 e. The van der Waals surface area contributed by atoms with Gasteiger partial charge >= 0.3 is 0 Å². The Morgan fingerprint density at radius 1 is 0.256 bits per heavy atom. The van der Waals surface area contributed by atoms with Crippen LogP contribution in [-0.4, -0.2) is 0 Å². The van der Waals surface area contributed by atoms with E-state index in [4.69, 9.17) is 0 Å². The first kappa shape index (κ1) is 218. The van der Waals surface area contributed by atoms with E-state index in [1.165, 1.54) is 22.3 Å². The standard InChI is InChI=1S/2C6H12.C5H6.4C2H6.18CH4/c2*1-5(2)6(3)4;1-2-4-5-3-1;4*1-2;;;;;;;;;;;;;;;;;;/h2*1-4H3;1-4H,5H2;4*1-2H3;18*1H4. The molecule has 0 atom stereocenters. The average molecular weight is 643 g/mol. The summed E-state index contributed by atoms with van der Waals surface area (Å²) in [6.07, 6.45) is 9.50. The molecule has 0 radical (unpaired) electrons. The lowest BCUT2D eigenvalue weighted by atomic mass is 10.2. The van der Waals surface area contributed by atoms with Crippen LogP contribution in [0, 0.1) is 0 Å². The van der Waals surface area contributed by atoms with Crippen molar-refractivity contribution in [1.29, 1.82) is 0 Å². The third-order valence-corrected chi connectivity index (χ3v) is 2.66. The molecule has 0 unspecified atom stereocenters. The second kappa shape index (κ2) is 257. The summed E-state index contributed by atoms with van der Waals surface area (Å²) in [6, 6.07) is 0. The first-order valence-corrected chi connectivity index (χ1v) is 10.3. The van der Waals surface area contributed by atoms with E-state index in [1.807, 2.05) is 55.4 Å². The van der Waals surface area contributed by atoms with E-state index in [0.29, 0.717) is 0 Å². The van der Waals surface area contributed by atoms with Crippen molar-refractivity contribution in [2.45, 2.75) is 251 Å². The maximum Gasteiger partial charge on any atom is -0.0163 e. The highest BCUT2D eigenvalue weighted by molar-refractivity contribution is 5.12. The Labute approximate surface area is 296 Å². The van der Waals surface area contributed by atoms with Gasteiger partial charge in [0.1, 0.15) is 0 Å². The van der Waals surface area contributed by atoms with Crippen LogP contribution < -0.4 is 0 Å². The molecule has 0 saturated heterocycles. The summed E-state index contributed by atoms with van der Waals surface area (Å²) in [5.41, 5.74) is 5.70. The second-order valence-electron chi connectivity index (χ2n) is 5.09. The van der Waals surface area contributed by atoms with Crippen molar-refractivity contribution < 1.29 is 0 Å². The third-order valence-electron chi connectivity index (χ3n) is 2.66. The summed E-state index contributed by atoms with van der Waals surface area (Å²) in [5, 5.41) is 0. The molecule has 0 spiro atoms. The minimum Gasteiger partial charge on any atom is -0.0808 e. The van der Waals surface area contributed by atoms with E-state index in [-0.39, 0.29) is 134 Å². The van der Waals surface area contributed by atoms with Crippen LogP contribution in [0.3, 0.4) is 0 Å². The smallest absolute Gasteiger partial charge is 0.0163 e. The van der Waals surface area contributed by atoms with E-state index in [2.05, 4.69) is 79.7 Å². The summed E-state index contributed by atoms with van der Waals surface area (Å²) in [6.45, 7) is 33.0. The molecule has 1 rings (SSSR count). The van der Waals surface area contributed by atoms with Gasteiger partial charge in [0.15, 0.2) is 0 Å². The molecular weight excluding hydrogens is 516 g/mol. The molecule has 0 nitrogen and oxygen atoms in total. The molecule has 0 fully saturated rings. The van der Waals surface area contributed by atoms with Gasteiger partial charge in [-0.15, -0.1) is 0 Å². The highest BCUT2D eigenvalue weighted by Gasteiger charge is 1.76. The molecule has 0 amide bonds. The third kappa shape index (κ3) is 435. The minimum absolute atomic E-state index is 0. The van der Waals surface area contributed by atoms with Crippen LogP contribution in [0.1, 0.15) is 251 Å². The Bertz CT molecular complexity index is 241. The van der Waals surface area contributed by atoms with Crippen LogP contribution >= 0.6 is 0 Å². The van der Waals surface area contributed by atoms with Gasteiger partial charge < -0.3 is 0 Å². The highest BCUT2D eigenvalue weighted by atomic mass is 13.8. The molecule has 0 heteroatoms. The molecule has 0 aromatic carbocycles. The normalized spacial score (nSPS) is 4.84. The fourth-order valence-corrected chi connectivity index (χ4v) is 0.393. The monoisotopic (exact) mass is 643 g/mol. The van der Waals surface area contributed by atoms with Crippen molar-refractivity contribution >= 4 is 0 Å². The van der Waals surface area contributed by atoms with Crippen molar-refractivity contribution in [3.63, 3.8) is 0 Å². The van der Waals surface area contributed by atoms with Gasteiger partial charge in [0.05, 0.1) is 0 Å². The zero-order valence-electron chi connectivity index (χ0n) is 21.0. The van der Waals surface area contributed by atoms with Gasteiger partial charge in [-0.05, 0) is 61.8 Å². The summed E-state index contributed by atoms with van der Waals surface area (Å²) < 4.78 is 0. The average Bonchev–Trinajstić information content (AvgIpc) is 3.22. The first-order chi connectivity index (χ1) is 11.8. The van der Waals surface area contributed by atoms with Gasteiger partial charge in [-0.2, -0.15) is 0 Å². The Hall–Kier alpha value is -1.04. The molecule has 298 valence electrons. The molecule has 0 N–H and O–H groups in total. The van der Waals surface area contributed by atoms with E-state index in [0.717, 1.165) is 6.42 Å². The summed E-state index contributed by atoms with van der Waals surface area (Å²) >= 11 is 0. The number of rotatable bonds is 0. The van der Waals surface area contributed by atoms with Crippen LogP contribution in [0.25, 0.3) is 0 Å².